The lowest BCUT2D eigenvalue weighted by Crippen LogP contribution is -2.46. The van der Waals surface area contributed by atoms with Gasteiger partial charge in [-0.3, -0.25) is 4.79 Å². The van der Waals surface area contributed by atoms with E-state index >= 15 is 0 Å². The molecule has 0 aliphatic heterocycles. The van der Waals surface area contributed by atoms with Gasteiger partial charge in [0.2, 0.25) is 5.91 Å². The van der Waals surface area contributed by atoms with Crippen LogP contribution in [0.5, 0.6) is 0 Å². The maximum atomic E-state index is 11.7. The molecular weight excluding hydrogens is 236 g/mol. The highest BCUT2D eigenvalue weighted by Gasteiger charge is 2.19. The summed E-state index contributed by atoms with van der Waals surface area (Å²) < 4.78 is 0. The van der Waals surface area contributed by atoms with Gasteiger partial charge >= 0.3 is 6.09 Å². The molecule has 0 saturated heterocycles. The number of benzene rings is 1. The van der Waals surface area contributed by atoms with Crippen molar-refractivity contribution in [2.45, 2.75) is 19.0 Å². The van der Waals surface area contributed by atoms with Crippen LogP contribution in [0.2, 0.25) is 0 Å². The SMILES string of the molecule is C[C@H](NC(=O)O)C(=O)N[C@H](CO)c1ccccc1. The Morgan fingerprint density at radius 2 is 1.83 bits per heavy atom. The van der Waals surface area contributed by atoms with Crippen molar-refractivity contribution in [2.24, 2.45) is 0 Å². The van der Waals surface area contributed by atoms with Crippen molar-refractivity contribution in [1.29, 1.82) is 0 Å². The van der Waals surface area contributed by atoms with Gasteiger partial charge in [0, 0.05) is 0 Å². The first-order valence-corrected chi connectivity index (χ1v) is 5.50. The van der Waals surface area contributed by atoms with Gasteiger partial charge in [-0.25, -0.2) is 4.79 Å². The van der Waals surface area contributed by atoms with Crippen LogP contribution >= 0.6 is 0 Å². The highest BCUT2D eigenvalue weighted by molar-refractivity contribution is 5.85. The lowest BCUT2D eigenvalue weighted by molar-refractivity contribution is -0.123. The molecule has 1 aromatic rings. The lowest BCUT2D eigenvalue weighted by Gasteiger charge is -2.19. The van der Waals surface area contributed by atoms with Crippen LogP contribution in [0.4, 0.5) is 4.79 Å². The molecular formula is C12H16N2O4. The minimum Gasteiger partial charge on any atom is -0.465 e. The molecule has 98 valence electrons. The van der Waals surface area contributed by atoms with Crippen molar-refractivity contribution in [2.75, 3.05) is 6.61 Å². The summed E-state index contributed by atoms with van der Waals surface area (Å²) in [5.74, 6) is -0.486. The van der Waals surface area contributed by atoms with E-state index in [1.807, 2.05) is 11.4 Å². The van der Waals surface area contributed by atoms with Gasteiger partial charge < -0.3 is 20.8 Å². The fourth-order valence-corrected chi connectivity index (χ4v) is 1.47. The van der Waals surface area contributed by atoms with Crippen LogP contribution in [-0.4, -0.2) is 34.9 Å². The molecule has 0 heterocycles. The van der Waals surface area contributed by atoms with Gasteiger partial charge in [0.15, 0.2) is 0 Å². The summed E-state index contributed by atoms with van der Waals surface area (Å²) in [5, 5.41) is 22.4. The van der Waals surface area contributed by atoms with Crippen LogP contribution < -0.4 is 10.6 Å². The molecule has 0 fully saturated rings. The summed E-state index contributed by atoms with van der Waals surface area (Å²) in [6, 6.07) is 7.55. The molecule has 1 rings (SSSR count). The van der Waals surface area contributed by atoms with Crippen molar-refractivity contribution < 1.29 is 19.8 Å². The summed E-state index contributed by atoms with van der Waals surface area (Å²) in [6.07, 6.45) is -1.27. The molecule has 1 aromatic carbocycles. The molecule has 4 N–H and O–H groups in total. The first kappa shape index (κ1) is 14.0. The second-order valence-electron chi connectivity index (χ2n) is 3.83. The fourth-order valence-electron chi connectivity index (χ4n) is 1.47. The Morgan fingerprint density at radius 1 is 1.22 bits per heavy atom. The first-order valence-electron chi connectivity index (χ1n) is 5.50. The third-order valence-electron chi connectivity index (χ3n) is 2.43. The Morgan fingerprint density at radius 3 is 2.33 bits per heavy atom. The maximum Gasteiger partial charge on any atom is 0.405 e. The molecule has 0 aliphatic carbocycles. The monoisotopic (exact) mass is 252 g/mol. The second-order valence-corrected chi connectivity index (χ2v) is 3.83. The molecule has 18 heavy (non-hydrogen) atoms. The predicted octanol–water partition coefficient (Wildman–Crippen LogP) is 0.492. The summed E-state index contributed by atoms with van der Waals surface area (Å²) >= 11 is 0. The molecule has 6 heteroatoms. The average Bonchev–Trinajstić information content (AvgIpc) is 2.35. The van der Waals surface area contributed by atoms with Crippen molar-refractivity contribution in [3.63, 3.8) is 0 Å². The number of aliphatic hydroxyl groups excluding tert-OH is 1. The molecule has 0 aliphatic rings. The Balaban J connectivity index is 2.64. The standard InChI is InChI=1S/C12H16N2O4/c1-8(13-12(17)18)11(16)14-10(7-15)9-5-3-2-4-6-9/h2-6,8,10,13,15H,7H2,1H3,(H,14,16)(H,17,18)/t8-,10+/m0/s1. The molecule has 0 aromatic heterocycles. The zero-order valence-corrected chi connectivity index (χ0v) is 9.96. The third kappa shape index (κ3) is 4.06. The number of hydrogen-bond acceptors (Lipinski definition) is 3. The fraction of sp³-hybridized carbons (Fsp3) is 0.333. The van der Waals surface area contributed by atoms with Crippen LogP contribution in [0.15, 0.2) is 30.3 Å². The summed E-state index contributed by atoms with van der Waals surface area (Å²) in [6.45, 7) is 1.18. The normalized spacial score (nSPS) is 13.4. The largest absolute Gasteiger partial charge is 0.465 e. The molecule has 0 bridgehead atoms. The van der Waals surface area contributed by atoms with Crippen LogP contribution in [0.1, 0.15) is 18.5 Å². The molecule has 0 radical (unpaired) electrons. The van der Waals surface area contributed by atoms with E-state index in [1.54, 1.807) is 24.3 Å². The number of aliphatic hydroxyl groups is 1. The Kier molecular flexibility index (Phi) is 5.13. The minimum atomic E-state index is -1.27. The number of rotatable bonds is 5. The van der Waals surface area contributed by atoms with Crippen LogP contribution in [0, 0.1) is 0 Å². The topological polar surface area (TPSA) is 98.7 Å². The van der Waals surface area contributed by atoms with Crippen molar-refractivity contribution in [3.8, 4) is 0 Å². The molecule has 0 unspecified atom stereocenters. The van der Waals surface area contributed by atoms with Gasteiger partial charge in [0.25, 0.3) is 0 Å². The summed E-state index contributed by atoms with van der Waals surface area (Å²) in [7, 11) is 0. The van der Waals surface area contributed by atoms with Crippen LogP contribution in [0.3, 0.4) is 0 Å². The Bertz CT molecular complexity index is 408. The number of nitrogens with one attached hydrogen (secondary N) is 2. The van der Waals surface area contributed by atoms with Gasteiger partial charge in [-0.2, -0.15) is 0 Å². The first-order chi connectivity index (χ1) is 8.54. The molecule has 0 saturated carbocycles. The van der Waals surface area contributed by atoms with Gasteiger partial charge in [0.05, 0.1) is 12.6 Å². The smallest absolute Gasteiger partial charge is 0.405 e. The molecule has 0 spiro atoms. The van der Waals surface area contributed by atoms with Gasteiger partial charge in [0.1, 0.15) is 6.04 Å². The summed E-state index contributed by atoms with van der Waals surface area (Å²) in [5.41, 5.74) is 0.760. The second kappa shape index (κ2) is 6.61. The van der Waals surface area contributed by atoms with E-state index in [2.05, 4.69) is 5.32 Å². The van der Waals surface area contributed by atoms with E-state index < -0.39 is 24.1 Å². The zero-order valence-electron chi connectivity index (χ0n) is 9.96. The quantitative estimate of drug-likeness (QED) is 0.613. The number of carbonyl (C=O) groups is 2. The van der Waals surface area contributed by atoms with E-state index in [0.717, 1.165) is 5.56 Å². The van der Waals surface area contributed by atoms with E-state index in [4.69, 9.17) is 5.11 Å². The highest BCUT2D eigenvalue weighted by Crippen LogP contribution is 2.11. The zero-order chi connectivity index (χ0) is 13.5. The van der Waals surface area contributed by atoms with E-state index in [0.29, 0.717) is 0 Å². The molecule has 2 atom stereocenters. The maximum absolute atomic E-state index is 11.7. The van der Waals surface area contributed by atoms with Crippen molar-refractivity contribution >= 4 is 12.0 Å². The third-order valence-corrected chi connectivity index (χ3v) is 2.43. The van der Waals surface area contributed by atoms with Crippen LogP contribution in [0.25, 0.3) is 0 Å². The van der Waals surface area contributed by atoms with Crippen molar-refractivity contribution in [3.05, 3.63) is 35.9 Å². The minimum absolute atomic E-state index is 0.254. The summed E-state index contributed by atoms with van der Waals surface area (Å²) in [4.78, 5) is 22.1. The van der Waals surface area contributed by atoms with Gasteiger partial charge in [-0.15, -0.1) is 0 Å². The van der Waals surface area contributed by atoms with E-state index in [9.17, 15) is 14.7 Å². The lowest BCUT2D eigenvalue weighted by atomic mass is 10.1. The van der Waals surface area contributed by atoms with Crippen molar-refractivity contribution in [1.82, 2.24) is 10.6 Å². The Hall–Kier alpha value is -2.08. The van der Waals surface area contributed by atoms with Crippen LogP contribution in [-0.2, 0) is 4.79 Å². The number of carbonyl (C=O) groups excluding carboxylic acids is 1. The number of hydrogen-bond donors (Lipinski definition) is 4. The Labute approximate surface area is 105 Å². The molecule has 6 nitrogen and oxygen atoms in total. The number of carboxylic acid groups (broad SMARTS) is 1. The van der Waals surface area contributed by atoms with E-state index in [-0.39, 0.29) is 6.61 Å². The molecule has 2 amide bonds. The number of amides is 2. The van der Waals surface area contributed by atoms with Gasteiger partial charge in [-0.1, -0.05) is 30.3 Å². The van der Waals surface area contributed by atoms with Gasteiger partial charge in [-0.05, 0) is 12.5 Å². The van der Waals surface area contributed by atoms with E-state index in [1.165, 1.54) is 6.92 Å². The highest BCUT2D eigenvalue weighted by atomic mass is 16.4. The predicted molar refractivity (Wildman–Crippen MR) is 65.0 cm³/mol. The average molecular weight is 252 g/mol.